The van der Waals surface area contributed by atoms with Crippen molar-refractivity contribution in [1.29, 1.82) is 0 Å². The smallest absolute Gasteiger partial charge is 0.231 e. The fourth-order valence-electron chi connectivity index (χ4n) is 5.22. The van der Waals surface area contributed by atoms with E-state index in [0.29, 0.717) is 6.54 Å². The van der Waals surface area contributed by atoms with Gasteiger partial charge in [0.05, 0.1) is 5.92 Å². The van der Waals surface area contributed by atoms with Crippen LogP contribution in [0.15, 0.2) is 24.3 Å². The summed E-state index contributed by atoms with van der Waals surface area (Å²) >= 11 is 0. The molecule has 29 heavy (non-hydrogen) atoms. The highest BCUT2D eigenvalue weighted by atomic mass is 16.2. The summed E-state index contributed by atoms with van der Waals surface area (Å²) in [4.78, 5) is 30.9. The van der Waals surface area contributed by atoms with Crippen molar-refractivity contribution < 1.29 is 9.59 Å². The number of amides is 2. The lowest BCUT2D eigenvalue weighted by Gasteiger charge is -2.34. The van der Waals surface area contributed by atoms with E-state index in [1.165, 1.54) is 5.56 Å². The number of para-hydroxylation sites is 1. The SMILES string of the molecule is CC1Cc2ccccc2N1C(=O)C1CCCCC1C(=O)NCCN1CCNCC1. The number of benzene rings is 1. The maximum Gasteiger partial charge on any atom is 0.231 e. The Kier molecular flexibility index (Phi) is 6.50. The van der Waals surface area contributed by atoms with Gasteiger partial charge >= 0.3 is 0 Å². The molecule has 1 aliphatic carbocycles. The normalized spacial score (nSPS) is 27.5. The standard InChI is InChI=1S/C23H34N4O2/c1-17-16-18-6-2-5-9-21(18)27(17)23(29)20-8-4-3-7-19(20)22(28)25-12-15-26-13-10-24-11-14-26/h2,5-6,9,17,19-20,24H,3-4,7-8,10-16H2,1H3,(H,25,28). The van der Waals surface area contributed by atoms with Crippen LogP contribution in [0, 0.1) is 11.8 Å². The molecule has 2 aliphatic heterocycles. The molecule has 3 aliphatic rings. The third kappa shape index (κ3) is 4.48. The molecule has 0 bridgehead atoms. The molecule has 1 saturated carbocycles. The maximum absolute atomic E-state index is 13.5. The molecule has 1 aromatic rings. The lowest BCUT2D eigenvalue weighted by Crippen LogP contribution is -2.49. The Hall–Kier alpha value is -1.92. The molecule has 0 radical (unpaired) electrons. The van der Waals surface area contributed by atoms with Gasteiger partial charge in [-0.25, -0.2) is 0 Å². The van der Waals surface area contributed by atoms with Gasteiger partial charge in [-0.15, -0.1) is 0 Å². The topological polar surface area (TPSA) is 64.7 Å². The van der Waals surface area contributed by atoms with Crippen LogP contribution in [0.1, 0.15) is 38.2 Å². The summed E-state index contributed by atoms with van der Waals surface area (Å²) in [5, 5.41) is 6.48. The molecule has 6 nitrogen and oxygen atoms in total. The highest BCUT2D eigenvalue weighted by molar-refractivity contribution is 6.00. The average Bonchev–Trinajstić information content (AvgIpc) is 3.09. The Morgan fingerprint density at radius 3 is 2.62 bits per heavy atom. The molecule has 2 N–H and O–H groups in total. The van der Waals surface area contributed by atoms with Crippen molar-refractivity contribution in [2.45, 2.75) is 45.1 Å². The molecule has 6 heteroatoms. The molecule has 4 rings (SSSR count). The second-order valence-electron chi connectivity index (χ2n) is 8.77. The highest BCUT2D eigenvalue weighted by Gasteiger charge is 2.41. The first-order valence-electron chi connectivity index (χ1n) is 11.3. The minimum Gasteiger partial charge on any atom is -0.355 e. The van der Waals surface area contributed by atoms with E-state index >= 15 is 0 Å². The predicted octanol–water partition coefficient (Wildman–Crippen LogP) is 1.79. The Balaban J connectivity index is 1.39. The average molecular weight is 399 g/mol. The minimum atomic E-state index is -0.198. The zero-order valence-electron chi connectivity index (χ0n) is 17.5. The van der Waals surface area contributed by atoms with Gasteiger partial charge in [-0.2, -0.15) is 0 Å². The quantitative estimate of drug-likeness (QED) is 0.794. The van der Waals surface area contributed by atoms with E-state index in [4.69, 9.17) is 0 Å². The number of carbonyl (C=O) groups is 2. The highest BCUT2D eigenvalue weighted by Crippen LogP contribution is 2.38. The Bertz CT molecular complexity index is 731. The molecule has 1 aromatic carbocycles. The van der Waals surface area contributed by atoms with Crippen LogP contribution in [-0.2, 0) is 16.0 Å². The van der Waals surface area contributed by atoms with Gasteiger partial charge in [-0.1, -0.05) is 31.0 Å². The molecule has 1 saturated heterocycles. The molecule has 2 heterocycles. The van der Waals surface area contributed by atoms with Crippen molar-refractivity contribution in [3.8, 4) is 0 Å². The van der Waals surface area contributed by atoms with Gasteiger partial charge in [0.15, 0.2) is 0 Å². The van der Waals surface area contributed by atoms with Crippen molar-refractivity contribution in [3.05, 3.63) is 29.8 Å². The summed E-state index contributed by atoms with van der Waals surface area (Å²) in [7, 11) is 0. The number of rotatable bonds is 5. The van der Waals surface area contributed by atoms with Gasteiger partial charge in [0.2, 0.25) is 11.8 Å². The predicted molar refractivity (Wildman–Crippen MR) is 115 cm³/mol. The van der Waals surface area contributed by atoms with Gasteiger partial charge in [-0.3, -0.25) is 14.5 Å². The minimum absolute atomic E-state index is 0.0679. The first-order chi connectivity index (χ1) is 14.1. The molecule has 3 atom stereocenters. The Labute approximate surface area is 174 Å². The number of hydrogen-bond acceptors (Lipinski definition) is 4. The van der Waals surface area contributed by atoms with Gasteiger partial charge in [0, 0.05) is 56.9 Å². The number of piperazine rings is 1. The number of fused-ring (bicyclic) bond motifs is 1. The number of nitrogens with one attached hydrogen (secondary N) is 2. The second-order valence-corrected chi connectivity index (χ2v) is 8.77. The van der Waals surface area contributed by atoms with E-state index in [1.54, 1.807) is 0 Å². The van der Waals surface area contributed by atoms with Crippen LogP contribution in [-0.4, -0.2) is 62.0 Å². The number of carbonyl (C=O) groups excluding carboxylic acids is 2. The van der Waals surface area contributed by atoms with E-state index in [9.17, 15) is 9.59 Å². The van der Waals surface area contributed by atoms with Gasteiger partial charge in [0.25, 0.3) is 0 Å². The Morgan fingerprint density at radius 1 is 1.10 bits per heavy atom. The van der Waals surface area contributed by atoms with Crippen LogP contribution in [0.25, 0.3) is 0 Å². The summed E-state index contributed by atoms with van der Waals surface area (Å²) in [6, 6.07) is 8.36. The largest absolute Gasteiger partial charge is 0.355 e. The summed E-state index contributed by atoms with van der Waals surface area (Å²) < 4.78 is 0. The van der Waals surface area contributed by atoms with E-state index in [-0.39, 0.29) is 29.7 Å². The lowest BCUT2D eigenvalue weighted by atomic mass is 9.77. The van der Waals surface area contributed by atoms with Crippen LogP contribution in [0.4, 0.5) is 5.69 Å². The lowest BCUT2D eigenvalue weighted by molar-refractivity contribution is -0.135. The second kappa shape index (κ2) is 9.26. The Morgan fingerprint density at radius 2 is 1.83 bits per heavy atom. The summed E-state index contributed by atoms with van der Waals surface area (Å²) in [6.07, 6.45) is 4.60. The van der Waals surface area contributed by atoms with Crippen LogP contribution in [0.2, 0.25) is 0 Å². The molecule has 158 valence electrons. The third-order valence-electron chi connectivity index (χ3n) is 6.80. The fourth-order valence-corrected chi connectivity index (χ4v) is 5.22. The van der Waals surface area contributed by atoms with Crippen molar-refractivity contribution >= 4 is 17.5 Å². The van der Waals surface area contributed by atoms with Gasteiger partial charge in [0.1, 0.15) is 0 Å². The van der Waals surface area contributed by atoms with Gasteiger partial charge < -0.3 is 15.5 Å². The molecular weight excluding hydrogens is 364 g/mol. The first-order valence-corrected chi connectivity index (χ1v) is 11.3. The van der Waals surface area contributed by atoms with Gasteiger partial charge in [-0.05, 0) is 37.8 Å². The fraction of sp³-hybridized carbons (Fsp3) is 0.652. The van der Waals surface area contributed by atoms with E-state index < -0.39 is 0 Å². The molecular formula is C23H34N4O2. The van der Waals surface area contributed by atoms with Crippen LogP contribution in [0.3, 0.4) is 0 Å². The van der Waals surface area contributed by atoms with Crippen molar-refractivity contribution in [1.82, 2.24) is 15.5 Å². The van der Waals surface area contributed by atoms with E-state index in [2.05, 4.69) is 28.5 Å². The van der Waals surface area contributed by atoms with Crippen LogP contribution in [0.5, 0.6) is 0 Å². The summed E-state index contributed by atoms with van der Waals surface area (Å²) in [5.41, 5.74) is 2.27. The number of hydrogen-bond donors (Lipinski definition) is 2. The van der Waals surface area contributed by atoms with Crippen molar-refractivity contribution in [3.63, 3.8) is 0 Å². The van der Waals surface area contributed by atoms with Crippen LogP contribution < -0.4 is 15.5 Å². The monoisotopic (exact) mass is 398 g/mol. The number of anilines is 1. The molecule has 0 aromatic heterocycles. The molecule has 2 amide bonds. The first kappa shape index (κ1) is 20.4. The third-order valence-corrected chi connectivity index (χ3v) is 6.80. The van der Waals surface area contributed by atoms with Crippen molar-refractivity contribution in [2.75, 3.05) is 44.2 Å². The summed E-state index contributed by atoms with van der Waals surface area (Å²) in [5.74, 6) is -0.182. The zero-order valence-corrected chi connectivity index (χ0v) is 17.5. The van der Waals surface area contributed by atoms with E-state index in [1.807, 2.05) is 23.1 Å². The number of nitrogens with zero attached hydrogens (tertiary/aromatic N) is 2. The molecule has 2 fully saturated rings. The zero-order chi connectivity index (χ0) is 20.2. The van der Waals surface area contributed by atoms with Crippen molar-refractivity contribution in [2.24, 2.45) is 11.8 Å². The maximum atomic E-state index is 13.5. The molecule has 0 spiro atoms. The summed E-state index contributed by atoms with van der Waals surface area (Å²) in [6.45, 7) is 7.77. The van der Waals surface area contributed by atoms with Crippen LogP contribution >= 0.6 is 0 Å². The molecule has 3 unspecified atom stereocenters. The van der Waals surface area contributed by atoms with E-state index in [0.717, 1.165) is 70.5 Å².